The Balaban J connectivity index is 0.000000120. The molecule has 2 aliphatic rings. The van der Waals surface area contributed by atoms with Crippen LogP contribution in [0.4, 0.5) is 0 Å². The Morgan fingerprint density at radius 1 is 0.917 bits per heavy atom. The van der Waals surface area contributed by atoms with Crippen molar-refractivity contribution in [2.75, 3.05) is 11.5 Å². The topological polar surface area (TPSA) is 24.7 Å². The van der Waals surface area contributed by atoms with E-state index in [0.717, 1.165) is 0 Å². The SMILES string of the molecule is CC1=NSCC1.CC1=NSCC1. The molecule has 0 unspecified atom stereocenters. The van der Waals surface area contributed by atoms with Crippen molar-refractivity contribution in [2.45, 2.75) is 26.7 Å². The molecule has 0 aromatic heterocycles. The normalized spacial score (nSPS) is 21.2. The molecule has 4 heteroatoms. The van der Waals surface area contributed by atoms with E-state index >= 15 is 0 Å². The smallest absolute Gasteiger partial charge is 0.0240 e. The fourth-order valence-electron chi connectivity index (χ4n) is 0.790. The minimum Gasteiger partial charge on any atom is -0.226 e. The van der Waals surface area contributed by atoms with Gasteiger partial charge in [0.2, 0.25) is 0 Å². The lowest BCUT2D eigenvalue weighted by Gasteiger charge is -1.74. The second kappa shape index (κ2) is 5.65. The van der Waals surface area contributed by atoms with Gasteiger partial charge in [0.25, 0.3) is 0 Å². The van der Waals surface area contributed by atoms with E-state index in [2.05, 4.69) is 22.6 Å². The molecule has 0 amide bonds. The van der Waals surface area contributed by atoms with Crippen molar-refractivity contribution in [3.8, 4) is 0 Å². The highest BCUT2D eigenvalue weighted by atomic mass is 32.2. The first kappa shape index (κ1) is 10.1. The van der Waals surface area contributed by atoms with Gasteiger partial charge in [-0.1, -0.05) is 0 Å². The molecule has 0 aliphatic carbocycles. The van der Waals surface area contributed by atoms with E-state index in [0.29, 0.717) is 0 Å². The molecule has 2 aliphatic heterocycles. The van der Waals surface area contributed by atoms with Crippen molar-refractivity contribution >= 4 is 35.3 Å². The third-order valence-corrected chi connectivity index (χ3v) is 3.21. The molecule has 0 fully saturated rings. The van der Waals surface area contributed by atoms with Gasteiger partial charge in [0.15, 0.2) is 0 Å². The molecule has 2 rings (SSSR count). The van der Waals surface area contributed by atoms with Crippen LogP contribution in [-0.2, 0) is 0 Å². The van der Waals surface area contributed by atoms with Gasteiger partial charge in [0.1, 0.15) is 0 Å². The molecule has 0 saturated heterocycles. The maximum atomic E-state index is 4.07. The van der Waals surface area contributed by atoms with Crippen LogP contribution < -0.4 is 0 Å². The lowest BCUT2D eigenvalue weighted by atomic mass is 10.3. The fraction of sp³-hybridized carbons (Fsp3) is 0.750. The van der Waals surface area contributed by atoms with Crippen LogP contribution in [0.15, 0.2) is 8.80 Å². The molecule has 0 aromatic carbocycles. The fourth-order valence-corrected chi connectivity index (χ4v) is 2.37. The third-order valence-electron chi connectivity index (χ3n) is 1.55. The van der Waals surface area contributed by atoms with Crippen molar-refractivity contribution in [2.24, 2.45) is 8.80 Å². The predicted molar refractivity (Wildman–Crippen MR) is 60.4 cm³/mol. The van der Waals surface area contributed by atoms with Crippen LogP contribution in [0, 0.1) is 0 Å². The molecular weight excluding hydrogens is 188 g/mol. The van der Waals surface area contributed by atoms with Crippen LogP contribution in [0.5, 0.6) is 0 Å². The molecule has 0 aromatic rings. The first-order valence-corrected chi connectivity index (χ1v) is 5.98. The summed E-state index contributed by atoms with van der Waals surface area (Å²) < 4.78 is 8.14. The van der Waals surface area contributed by atoms with Gasteiger partial charge in [0, 0.05) is 22.9 Å². The number of rotatable bonds is 0. The van der Waals surface area contributed by atoms with Crippen LogP contribution in [0.2, 0.25) is 0 Å². The monoisotopic (exact) mass is 202 g/mol. The third kappa shape index (κ3) is 4.16. The lowest BCUT2D eigenvalue weighted by molar-refractivity contribution is 1.33. The highest BCUT2D eigenvalue weighted by molar-refractivity contribution is 7.98. The summed E-state index contributed by atoms with van der Waals surface area (Å²) in [6.45, 7) is 4.14. The zero-order valence-corrected chi connectivity index (χ0v) is 9.17. The maximum absolute atomic E-state index is 4.07. The highest BCUT2D eigenvalue weighted by Crippen LogP contribution is 2.13. The lowest BCUT2D eigenvalue weighted by Crippen LogP contribution is -1.81. The van der Waals surface area contributed by atoms with Crippen LogP contribution in [0.3, 0.4) is 0 Å². The van der Waals surface area contributed by atoms with E-state index in [1.54, 1.807) is 23.9 Å². The van der Waals surface area contributed by atoms with Gasteiger partial charge in [-0.15, -0.1) is 0 Å². The van der Waals surface area contributed by atoms with E-state index < -0.39 is 0 Å². The molecule has 12 heavy (non-hydrogen) atoms. The van der Waals surface area contributed by atoms with E-state index in [9.17, 15) is 0 Å². The Labute approximate surface area is 82.6 Å². The van der Waals surface area contributed by atoms with Gasteiger partial charge in [-0.3, -0.25) is 0 Å². The Morgan fingerprint density at radius 2 is 1.33 bits per heavy atom. The molecule has 0 atom stereocenters. The molecule has 68 valence electrons. The van der Waals surface area contributed by atoms with Gasteiger partial charge in [-0.2, -0.15) is 0 Å². The minimum absolute atomic E-state index is 1.20. The number of hydrogen-bond donors (Lipinski definition) is 0. The zero-order chi connectivity index (χ0) is 8.81. The van der Waals surface area contributed by atoms with Crippen molar-refractivity contribution in [1.82, 2.24) is 0 Å². The Bertz CT molecular complexity index is 177. The molecule has 0 spiro atoms. The number of hydrogen-bond acceptors (Lipinski definition) is 4. The van der Waals surface area contributed by atoms with Gasteiger partial charge in [-0.25, -0.2) is 8.80 Å². The molecule has 0 N–H and O–H groups in total. The van der Waals surface area contributed by atoms with Gasteiger partial charge in [0.05, 0.1) is 0 Å². The summed E-state index contributed by atoms with van der Waals surface area (Å²) in [6, 6.07) is 0. The molecular formula is C8H14N2S2. The zero-order valence-electron chi connectivity index (χ0n) is 7.54. The largest absolute Gasteiger partial charge is 0.226 e. The van der Waals surface area contributed by atoms with Crippen molar-refractivity contribution in [3.05, 3.63) is 0 Å². The summed E-state index contributed by atoms with van der Waals surface area (Å²) in [4.78, 5) is 0. The van der Waals surface area contributed by atoms with Crippen molar-refractivity contribution in [1.29, 1.82) is 0 Å². The first-order valence-electron chi connectivity index (χ1n) is 4.10. The maximum Gasteiger partial charge on any atom is 0.0240 e. The van der Waals surface area contributed by atoms with Crippen LogP contribution in [0.1, 0.15) is 26.7 Å². The molecule has 2 heterocycles. The average molecular weight is 202 g/mol. The quantitative estimate of drug-likeness (QED) is 0.564. The second-order valence-electron chi connectivity index (χ2n) is 2.82. The van der Waals surface area contributed by atoms with Gasteiger partial charge >= 0.3 is 0 Å². The first-order chi connectivity index (χ1) is 5.79. The summed E-state index contributed by atoms with van der Waals surface area (Å²) in [5.74, 6) is 2.40. The molecule has 0 radical (unpaired) electrons. The van der Waals surface area contributed by atoms with E-state index in [1.807, 2.05) is 0 Å². The molecule has 0 saturated carbocycles. The minimum atomic E-state index is 1.20. The highest BCUT2D eigenvalue weighted by Gasteiger charge is 1.98. The summed E-state index contributed by atoms with van der Waals surface area (Å²) in [6.07, 6.45) is 2.40. The Morgan fingerprint density at radius 3 is 1.42 bits per heavy atom. The van der Waals surface area contributed by atoms with Crippen molar-refractivity contribution < 1.29 is 0 Å². The Kier molecular flexibility index (Phi) is 4.76. The van der Waals surface area contributed by atoms with Gasteiger partial charge in [-0.05, 0) is 50.6 Å². The van der Waals surface area contributed by atoms with E-state index in [-0.39, 0.29) is 0 Å². The average Bonchev–Trinajstić information content (AvgIpc) is 2.63. The van der Waals surface area contributed by atoms with Crippen LogP contribution in [-0.4, -0.2) is 22.9 Å². The second-order valence-corrected chi connectivity index (χ2v) is 4.52. The van der Waals surface area contributed by atoms with Crippen LogP contribution in [0.25, 0.3) is 0 Å². The predicted octanol–water partition coefficient (Wildman–Crippen LogP) is 3.00. The van der Waals surface area contributed by atoms with E-state index in [4.69, 9.17) is 0 Å². The van der Waals surface area contributed by atoms with Crippen molar-refractivity contribution in [3.63, 3.8) is 0 Å². The number of nitrogens with zero attached hydrogens (tertiary/aromatic N) is 2. The molecule has 2 nitrogen and oxygen atoms in total. The molecule has 0 bridgehead atoms. The van der Waals surface area contributed by atoms with Gasteiger partial charge < -0.3 is 0 Å². The summed E-state index contributed by atoms with van der Waals surface area (Å²) in [5, 5.41) is 0. The summed E-state index contributed by atoms with van der Waals surface area (Å²) in [5.41, 5.74) is 2.58. The summed E-state index contributed by atoms with van der Waals surface area (Å²) >= 11 is 3.34. The Hall–Kier alpha value is 0.0400. The van der Waals surface area contributed by atoms with E-state index in [1.165, 1.54) is 35.8 Å². The summed E-state index contributed by atoms with van der Waals surface area (Å²) in [7, 11) is 0. The van der Waals surface area contributed by atoms with Crippen LogP contribution >= 0.6 is 23.9 Å². The standard InChI is InChI=1S/2C4H7NS/c2*1-4-2-3-6-5-4/h2*2-3H2,1H3.